The van der Waals surface area contributed by atoms with Gasteiger partial charge in [0, 0.05) is 17.1 Å². The van der Waals surface area contributed by atoms with Gasteiger partial charge in [0.15, 0.2) is 0 Å². The standard InChI is InChI=1S/C13H14N2S/c14-12-6-8-13(9-7-12)16-15-10-11-4-2-1-3-5-11/h1-9,15H,10,14H2. The van der Waals surface area contributed by atoms with E-state index in [1.165, 1.54) is 10.5 Å². The molecule has 0 aliphatic carbocycles. The minimum atomic E-state index is 0.799. The van der Waals surface area contributed by atoms with E-state index in [2.05, 4.69) is 16.9 Å². The number of nitrogens with two attached hydrogens (primary N) is 1. The highest BCUT2D eigenvalue weighted by atomic mass is 32.2. The van der Waals surface area contributed by atoms with Gasteiger partial charge >= 0.3 is 0 Å². The molecule has 0 bridgehead atoms. The van der Waals surface area contributed by atoms with Crippen molar-refractivity contribution in [1.29, 1.82) is 0 Å². The molecule has 3 heteroatoms. The average Bonchev–Trinajstić information content (AvgIpc) is 2.33. The molecule has 0 radical (unpaired) electrons. The Morgan fingerprint density at radius 3 is 2.31 bits per heavy atom. The number of hydrogen-bond acceptors (Lipinski definition) is 3. The van der Waals surface area contributed by atoms with Crippen molar-refractivity contribution < 1.29 is 0 Å². The van der Waals surface area contributed by atoms with Crippen LogP contribution in [0.3, 0.4) is 0 Å². The van der Waals surface area contributed by atoms with Crippen LogP contribution in [-0.2, 0) is 6.54 Å². The summed E-state index contributed by atoms with van der Waals surface area (Å²) in [6.07, 6.45) is 0. The van der Waals surface area contributed by atoms with E-state index in [1.54, 1.807) is 11.9 Å². The molecule has 0 saturated carbocycles. The quantitative estimate of drug-likeness (QED) is 0.626. The monoisotopic (exact) mass is 230 g/mol. The van der Waals surface area contributed by atoms with E-state index in [1.807, 2.05) is 42.5 Å². The van der Waals surface area contributed by atoms with Crippen LogP contribution in [0.15, 0.2) is 59.5 Å². The van der Waals surface area contributed by atoms with Gasteiger partial charge in [-0.25, -0.2) is 0 Å². The Morgan fingerprint density at radius 1 is 0.938 bits per heavy atom. The first kappa shape index (κ1) is 11.0. The van der Waals surface area contributed by atoms with E-state index in [0.717, 1.165) is 12.2 Å². The van der Waals surface area contributed by atoms with Crippen LogP contribution >= 0.6 is 11.9 Å². The van der Waals surface area contributed by atoms with Gasteiger partial charge in [-0.05, 0) is 41.8 Å². The zero-order chi connectivity index (χ0) is 11.2. The van der Waals surface area contributed by atoms with Gasteiger partial charge in [-0.3, -0.25) is 4.72 Å². The molecule has 0 aliphatic rings. The highest BCUT2D eigenvalue weighted by molar-refractivity contribution is 7.97. The molecular weight excluding hydrogens is 216 g/mol. The summed E-state index contributed by atoms with van der Waals surface area (Å²) in [6.45, 7) is 0.857. The number of hydrogen-bond donors (Lipinski definition) is 2. The summed E-state index contributed by atoms with van der Waals surface area (Å²) in [5.41, 5.74) is 7.70. The fourth-order valence-corrected chi connectivity index (χ4v) is 2.01. The van der Waals surface area contributed by atoms with E-state index in [4.69, 9.17) is 5.73 Å². The molecule has 0 spiro atoms. The number of anilines is 1. The lowest BCUT2D eigenvalue weighted by atomic mass is 10.2. The van der Waals surface area contributed by atoms with Crippen molar-refractivity contribution in [2.75, 3.05) is 5.73 Å². The first-order valence-corrected chi connectivity index (χ1v) is 5.95. The van der Waals surface area contributed by atoms with Crippen molar-refractivity contribution in [2.45, 2.75) is 11.4 Å². The molecule has 16 heavy (non-hydrogen) atoms. The molecule has 2 rings (SSSR count). The lowest BCUT2D eigenvalue weighted by Crippen LogP contribution is -2.02. The van der Waals surface area contributed by atoms with Crippen molar-refractivity contribution in [3.05, 3.63) is 60.2 Å². The minimum absolute atomic E-state index is 0.799. The smallest absolute Gasteiger partial charge is 0.0314 e. The van der Waals surface area contributed by atoms with Gasteiger partial charge in [0.2, 0.25) is 0 Å². The van der Waals surface area contributed by atoms with Gasteiger partial charge in [0.1, 0.15) is 0 Å². The molecule has 0 fully saturated rings. The molecule has 2 aromatic rings. The number of benzene rings is 2. The Bertz CT molecular complexity index is 425. The lowest BCUT2D eigenvalue weighted by molar-refractivity contribution is 0.975. The zero-order valence-corrected chi connectivity index (χ0v) is 9.71. The third-order valence-corrected chi connectivity index (χ3v) is 2.99. The Labute approximate surface area is 100 Å². The zero-order valence-electron chi connectivity index (χ0n) is 8.89. The van der Waals surface area contributed by atoms with Crippen LogP contribution in [0.25, 0.3) is 0 Å². The summed E-state index contributed by atoms with van der Waals surface area (Å²) >= 11 is 1.62. The van der Waals surface area contributed by atoms with E-state index in [0.29, 0.717) is 0 Å². The Hall–Kier alpha value is -1.45. The van der Waals surface area contributed by atoms with Gasteiger partial charge in [-0.15, -0.1) is 0 Å². The molecule has 3 N–H and O–H groups in total. The summed E-state index contributed by atoms with van der Waals surface area (Å²) in [4.78, 5) is 1.17. The fraction of sp³-hybridized carbons (Fsp3) is 0.0769. The van der Waals surface area contributed by atoms with E-state index in [9.17, 15) is 0 Å². The molecule has 0 unspecified atom stereocenters. The van der Waals surface area contributed by atoms with Crippen molar-refractivity contribution in [1.82, 2.24) is 4.72 Å². The Kier molecular flexibility index (Phi) is 3.86. The van der Waals surface area contributed by atoms with Gasteiger partial charge in [0.05, 0.1) is 0 Å². The largest absolute Gasteiger partial charge is 0.399 e. The van der Waals surface area contributed by atoms with E-state index in [-0.39, 0.29) is 0 Å². The molecule has 82 valence electrons. The molecule has 0 amide bonds. The maximum atomic E-state index is 5.62. The third-order valence-electron chi connectivity index (χ3n) is 2.19. The van der Waals surface area contributed by atoms with E-state index < -0.39 is 0 Å². The van der Waals surface area contributed by atoms with Crippen LogP contribution in [0.2, 0.25) is 0 Å². The predicted molar refractivity (Wildman–Crippen MR) is 70.0 cm³/mol. The van der Waals surface area contributed by atoms with Crippen LogP contribution in [0.5, 0.6) is 0 Å². The maximum Gasteiger partial charge on any atom is 0.0314 e. The maximum absolute atomic E-state index is 5.62. The van der Waals surface area contributed by atoms with Crippen LogP contribution in [-0.4, -0.2) is 0 Å². The summed E-state index contributed by atoms with van der Waals surface area (Å²) in [5, 5.41) is 0. The summed E-state index contributed by atoms with van der Waals surface area (Å²) < 4.78 is 3.31. The highest BCUT2D eigenvalue weighted by Gasteiger charge is 1.94. The topological polar surface area (TPSA) is 38.0 Å². The van der Waals surface area contributed by atoms with Crippen LogP contribution in [0.1, 0.15) is 5.56 Å². The molecule has 2 aromatic carbocycles. The summed E-state index contributed by atoms with van der Waals surface area (Å²) in [5.74, 6) is 0. The molecule has 0 heterocycles. The van der Waals surface area contributed by atoms with Crippen molar-refractivity contribution in [3.8, 4) is 0 Å². The SMILES string of the molecule is Nc1ccc(SNCc2ccccc2)cc1. The molecule has 0 saturated heterocycles. The Balaban J connectivity index is 1.82. The second-order valence-corrected chi connectivity index (χ2v) is 4.44. The molecular formula is C13H14N2S. The molecule has 2 nitrogen and oxygen atoms in total. The van der Waals surface area contributed by atoms with Gasteiger partial charge in [0.25, 0.3) is 0 Å². The average molecular weight is 230 g/mol. The van der Waals surface area contributed by atoms with Gasteiger partial charge in [-0.1, -0.05) is 30.3 Å². The Morgan fingerprint density at radius 2 is 1.62 bits per heavy atom. The first-order chi connectivity index (χ1) is 7.84. The first-order valence-electron chi connectivity index (χ1n) is 5.14. The molecule has 0 aliphatic heterocycles. The molecule has 0 atom stereocenters. The van der Waals surface area contributed by atoms with Crippen LogP contribution in [0.4, 0.5) is 5.69 Å². The minimum Gasteiger partial charge on any atom is -0.399 e. The number of nitrogens with one attached hydrogen (secondary N) is 1. The van der Waals surface area contributed by atoms with E-state index >= 15 is 0 Å². The van der Waals surface area contributed by atoms with Crippen molar-refractivity contribution in [2.24, 2.45) is 0 Å². The second-order valence-electron chi connectivity index (χ2n) is 3.48. The fourth-order valence-electron chi connectivity index (χ4n) is 1.33. The normalized spacial score (nSPS) is 10.2. The summed E-state index contributed by atoms with van der Waals surface area (Å²) in [6, 6.07) is 18.2. The summed E-state index contributed by atoms with van der Waals surface area (Å²) in [7, 11) is 0. The van der Waals surface area contributed by atoms with Crippen LogP contribution in [0, 0.1) is 0 Å². The highest BCUT2D eigenvalue weighted by Crippen LogP contribution is 2.16. The number of rotatable bonds is 4. The second kappa shape index (κ2) is 5.58. The van der Waals surface area contributed by atoms with Crippen LogP contribution < -0.4 is 10.5 Å². The predicted octanol–water partition coefficient (Wildman–Crippen LogP) is 3.07. The lowest BCUT2D eigenvalue weighted by Gasteiger charge is -2.04. The number of nitrogen functional groups attached to an aromatic ring is 1. The van der Waals surface area contributed by atoms with Crippen molar-refractivity contribution >= 4 is 17.6 Å². The van der Waals surface area contributed by atoms with Gasteiger partial charge < -0.3 is 5.73 Å². The van der Waals surface area contributed by atoms with Crippen molar-refractivity contribution in [3.63, 3.8) is 0 Å². The third kappa shape index (κ3) is 3.29. The molecule has 0 aromatic heterocycles. The van der Waals surface area contributed by atoms with Gasteiger partial charge in [-0.2, -0.15) is 0 Å².